The largest absolute Gasteiger partial charge is 0.388 e. The summed E-state index contributed by atoms with van der Waals surface area (Å²) in [5, 5.41) is 12.6. The van der Waals surface area contributed by atoms with Gasteiger partial charge in [0.2, 0.25) is 0 Å². The SMILES string of the molecule is OC(CCCc1ccccc1)c1cncc2ccccc12. The maximum atomic E-state index is 10.5. The molecule has 1 aromatic heterocycles. The lowest BCUT2D eigenvalue weighted by Gasteiger charge is -2.13. The number of pyridine rings is 1. The number of aromatic nitrogens is 1. The van der Waals surface area contributed by atoms with Gasteiger partial charge in [0.25, 0.3) is 0 Å². The Hall–Kier alpha value is -2.19. The number of aryl methyl sites for hydroxylation is 1. The molecule has 21 heavy (non-hydrogen) atoms. The number of benzene rings is 2. The fourth-order valence-corrected chi connectivity index (χ4v) is 2.71. The summed E-state index contributed by atoms with van der Waals surface area (Å²) in [6.45, 7) is 0. The number of nitrogens with zero attached hydrogens (tertiary/aromatic N) is 1. The molecule has 0 saturated carbocycles. The Morgan fingerprint density at radius 3 is 2.52 bits per heavy atom. The van der Waals surface area contributed by atoms with Crippen molar-refractivity contribution in [2.45, 2.75) is 25.4 Å². The summed E-state index contributed by atoms with van der Waals surface area (Å²) in [5.74, 6) is 0. The Labute approximate surface area is 125 Å². The van der Waals surface area contributed by atoms with E-state index in [1.807, 2.05) is 36.5 Å². The van der Waals surface area contributed by atoms with E-state index < -0.39 is 6.10 Å². The van der Waals surface area contributed by atoms with Gasteiger partial charge < -0.3 is 5.11 Å². The molecule has 0 aliphatic carbocycles. The van der Waals surface area contributed by atoms with Crippen LogP contribution in [-0.4, -0.2) is 10.1 Å². The van der Waals surface area contributed by atoms with E-state index in [4.69, 9.17) is 0 Å². The lowest BCUT2D eigenvalue weighted by molar-refractivity contribution is 0.166. The third-order valence-electron chi connectivity index (χ3n) is 3.84. The second-order valence-corrected chi connectivity index (χ2v) is 5.34. The third-order valence-corrected chi connectivity index (χ3v) is 3.84. The Kier molecular flexibility index (Phi) is 4.27. The Bertz CT molecular complexity index is 704. The molecule has 3 rings (SSSR count). The standard InChI is InChI=1S/C19H19NO/c21-19(12-6-9-15-7-2-1-3-8-15)18-14-20-13-16-10-4-5-11-17(16)18/h1-5,7-8,10-11,13-14,19,21H,6,9,12H2. The summed E-state index contributed by atoms with van der Waals surface area (Å²) in [4.78, 5) is 4.24. The van der Waals surface area contributed by atoms with Crippen LogP contribution in [0.1, 0.15) is 30.1 Å². The van der Waals surface area contributed by atoms with Crippen molar-refractivity contribution < 1.29 is 5.11 Å². The van der Waals surface area contributed by atoms with Crippen LogP contribution in [0.15, 0.2) is 67.0 Å². The molecule has 2 nitrogen and oxygen atoms in total. The first-order chi connectivity index (χ1) is 10.3. The zero-order chi connectivity index (χ0) is 14.5. The van der Waals surface area contributed by atoms with Crippen LogP contribution in [0.3, 0.4) is 0 Å². The fourth-order valence-electron chi connectivity index (χ4n) is 2.71. The van der Waals surface area contributed by atoms with E-state index in [1.165, 1.54) is 5.56 Å². The Morgan fingerprint density at radius 1 is 0.905 bits per heavy atom. The molecule has 106 valence electrons. The number of aliphatic hydroxyl groups is 1. The summed E-state index contributed by atoms with van der Waals surface area (Å²) >= 11 is 0. The first kappa shape index (κ1) is 13.8. The molecule has 0 aliphatic rings. The average molecular weight is 277 g/mol. The maximum Gasteiger partial charge on any atom is 0.0811 e. The minimum absolute atomic E-state index is 0.452. The predicted molar refractivity (Wildman–Crippen MR) is 86.1 cm³/mol. The first-order valence-electron chi connectivity index (χ1n) is 7.39. The molecule has 0 amide bonds. The topological polar surface area (TPSA) is 33.1 Å². The van der Waals surface area contributed by atoms with Crippen LogP contribution >= 0.6 is 0 Å². The lowest BCUT2D eigenvalue weighted by atomic mass is 9.98. The average Bonchev–Trinajstić information content (AvgIpc) is 2.55. The van der Waals surface area contributed by atoms with Crippen LogP contribution in [0, 0.1) is 0 Å². The van der Waals surface area contributed by atoms with Gasteiger partial charge in [-0.3, -0.25) is 4.98 Å². The fraction of sp³-hybridized carbons (Fsp3) is 0.211. The molecule has 0 bridgehead atoms. The van der Waals surface area contributed by atoms with Crippen molar-refractivity contribution in [1.82, 2.24) is 4.98 Å². The second kappa shape index (κ2) is 6.51. The number of hydrogen-bond donors (Lipinski definition) is 1. The van der Waals surface area contributed by atoms with Crippen LogP contribution in [0.4, 0.5) is 0 Å². The highest BCUT2D eigenvalue weighted by atomic mass is 16.3. The van der Waals surface area contributed by atoms with Gasteiger partial charge in [0.15, 0.2) is 0 Å². The molecule has 0 fully saturated rings. The molecule has 1 heterocycles. The smallest absolute Gasteiger partial charge is 0.0811 e. The van der Waals surface area contributed by atoms with Crippen LogP contribution in [0.5, 0.6) is 0 Å². The van der Waals surface area contributed by atoms with Crippen molar-refractivity contribution in [1.29, 1.82) is 0 Å². The highest BCUT2D eigenvalue weighted by Crippen LogP contribution is 2.26. The molecule has 2 heteroatoms. The number of aliphatic hydroxyl groups excluding tert-OH is 1. The van der Waals surface area contributed by atoms with Gasteiger partial charge in [-0.05, 0) is 30.2 Å². The molecule has 0 saturated heterocycles. The Morgan fingerprint density at radius 2 is 1.67 bits per heavy atom. The number of fused-ring (bicyclic) bond motifs is 1. The van der Waals surface area contributed by atoms with Crippen molar-refractivity contribution in [3.8, 4) is 0 Å². The van der Waals surface area contributed by atoms with Crippen molar-refractivity contribution in [2.24, 2.45) is 0 Å². The predicted octanol–water partition coefficient (Wildman–Crippen LogP) is 4.29. The van der Waals surface area contributed by atoms with E-state index >= 15 is 0 Å². The number of rotatable bonds is 5. The monoisotopic (exact) mass is 277 g/mol. The van der Waals surface area contributed by atoms with Gasteiger partial charge in [-0.25, -0.2) is 0 Å². The quantitative estimate of drug-likeness (QED) is 0.754. The molecule has 1 N–H and O–H groups in total. The van der Waals surface area contributed by atoms with Crippen LogP contribution in [0.2, 0.25) is 0 Å². The van der Waals surface area contributed by atoms with Gasteiger partial charge in [-0.15, -0.1) is 0 Å². The molecule has 3 aromatic rings. The molecule has 0 radical (unpaired) electrons. The number of hydrogen-bond acceptors (Lipinski definition) is 2. The van der Waals surface area contributed by atoms with E-state index in [0.717, 1.165) is 35.6 Å². The zero-order valence-electron chi connectivity index (χ0n) is 11.9. The van der Waals surface area contributed by atoms with Crippen molar-refractivity contribution in [3.63, 3.8) is 0 Å². The summed E-state index contributed by atoms with van der Waals surface area (Å²) in [5.41, 5.74) is 2.25. The van der Waals surface area contributed by atoms with Crippen LogP contribution < -0.4 is 0 Å². The van der Waals surface area contributed by atoms with Crippen LogP contribution in [-0.2, 0) is 6.42 Å². The van der Waals surface area contributed by atoms with Gasteiger partial charge in [-0.1, -0.05) is 54.6 Å². The molecule has 2 aromatic carbocycles. The molecule has 0 aliphatic heterocycles. The van der Waals surface area contributed by atoms with Gasteiger partial charge in [0, 0.05) is 23.3 Å². The van der Waals surface area contributed by atoms with E-state index in [-0.39, 0.29) is 0 Å². The van der Waals surface area contributed by atoms with E-state index in [2.05, 4.69) is 29.2 Å². The van der Waals surface area contributed by atoms with Gasteiger partial charge in [0.05, 0.1) is 6.10 Å². The maximum absolute atomic E-state index is 10.5. The van der Waals surface area contributed by atoms with Gasteiger partial charge >= 0.3 is 0 Å². The highest BCUT2D eigenvalue weighted by molar-refractivity contribution is 5.84. The summed E-state index contributed by atoms with van der Waals surface area (Å²) < 4.78 is 0. The van der Waals surface area contributed by atoms with Crippen LogP contribution in [0.25, 0.3) is 10.8 Å². The van der Waals surface area contributed by atoms with Crippen molar-refractivity contribution in [2.75, 3.05) is 0 Å². The molecular formula is C19H19NO. The Balaban J connectivity index is 1.68. The second-order valence-electron chi connectivity index (χ2n) is 5.34. The molecular weight excluding hydrogens is 258 g/mol. The molecule has 0 spiro atoms. The summed E-state index contributed by atoms with van der Waals surface area (Å²) in [6.07, 6.45) is 5.90. The van der Waals surface area contributed by atoms with Crippen molar-refractivity contribution >= 4 is 10.8 Å². The molecule has 1 atom stereocenters. The summed E-state index contributed by atoms with van der Waals surface area (Å²) in [6, 6.07) is 18.5. The van der Waals surface area contributed by atoms with Gasteiger partial charge in [-0.2, -0.15) is 0 Å². The zero-order valence-corrected chi connectivity index (χ0v) is 11.9. The normalized spacial score (nSPS) is 12.4. The minimum Gasteiger partial charge on any atom is -0.388 e. The van der Waals surface area contributed by atoms with E-state index in [0.29, 0.717) is 0 Å². The van der Waals surface area contributed by atoms with E-state index in [9.17, 15) is 5.11 Å². The molecule has 1 unspecified atom stereocenters. The third kappa shape index (κ3) is 3.29. The van der Waals surface area contributed by atoms with Gasteiger partial charge in [0.1, 0.15) is 0 Å². The lowest BCUT2D eigenvalue weighted by Crippen LogP contribution is -2.00. The first-order valence-corrected chi connectivity index (χ1v) is 7.39. The highest BCUT2D eigenvalue weighted by Gasteiger charge is 2.11. The van der Waals surface area contributed by atoms with Crippen molar-refractivity contribution in [3.05, 3.63) is 78.1 Å². The minimum atomic E-state index is -0.452. The summed E-state index contributed by atoms with van der Waals surface area (Å²) in [7, 11) is 0. The van der Waals surface area contributed by atoms with E-state index in [1.54, 1.807) is 6.20 Å².